The highest BCUT2D eigenvalue weighted by atomic mass is 32.2. The van der Waals surface area contributed by atoms with E-state index in [9.17, 15) is 13.2 Å². The number of sulfonamides is 1. The molecule has 1 saturated heterocycles. The minimum atomic E-state index is -3.88. The fourth-order valence-corrected chi connectivity index (χ4v) is 3.83. The summed E-state index contributed by atoms with van der Waals surface area (Å²) in [6.45, 7) is 3.63. The highest BCUT2D eigenvalue weighted by Gasteiger charge is 2.33. The summed E-state index contributed by atoms with van der Waals surface area (Å²) < 4.78 is 26.4. The van der Waals surface area contributed by atoms with Crippen molar-refractivity contribution in [2.24, 2.45) is 0 Å². The van der Waals surface area contributed by atoms with Crippen molar-refractivity contribution in [2.75, 3.05) is 33.2 Å². The number of nitrogens with one attached hydrogen (secondary N) is 1. The second kappa shape index (κ2) is 5.51. The fourth-order valence-electron chi connectivity index (χ4n) is 2.23. The van der Waals surface area contributed by atoms with Gasteiger partial charge in [0.25, 0.3) is 10.0 Å². The van der Waals surface area contributed by atoms with Crippen LogP contribution in [0, 0.1) is 6.92 Å². The molecule has 0 aromatic carbocycles. The van der Waals surface area contributed by atoms with Gasteiger partial charge in [-0.15, -0.1) is 0 Å². The smallest absolute Gasteiger partial charge is 0.340 e. The predicted octanol–water partition coefficient (Wildman–Crippen LogP) is -0.257. The first-order valence-electron chi connectivity index (χ1n) is 6.31. The molecule has 2 N–H and O–H groups in total. The molecule has 112 valence electrons. The molecule has 0 radical (unpaired) electrons. The van der Waals surface area contributed by atoms with Crippen LogP contribution in [0.5, 0.6) is 0 Å². The van der Waals surface area contributed by atoms with Gasteiger partial charge in [0.15, 0.2) is 0 Å². The molecule has 0 aliphatic carbocycles. The Morgan fingerprint density at radius 2 is 2.00 bits per heavy atom. The Bertz CT molecular complexity index is 610. The predicted molar refractivity (Wildman–Crippen MR) is 71.2 cm³/mol. The van der Waals surface area contributed by atoms with E-state index in [1.54, 1.807) is 0 Å². The third-order valence-corrected chi connectivity index (χ3v) is 5.22. The quantitative estimate of drug-likeness (QED) is 0.797. The maximum Gasteiger partial charge on any atom is 0.340 e. The van der Waals surface area contributed by atoms with Crippen LogP contribution >= 0.6 is 0 Å². The lowest BCUT2D eigenvalue weighted by atomic mass is 10.3. The number of aryl methyl sites for hydroxylation is 1. The second-order valence-electron chi connectivity index (χ2n) is 4.89. The number of likely N-dealkylation sites (N-methyl/N-ethyl adjacent to an activating group) is 1. The Morgan fingerprint density at radius 3 is 2.65 bits per heavy atom. The summed E-state index contributed by atoms with van der Waals surface area (Å²) in [5.74, 6) is -1.29. The van der Waals surface area contributed by atoms with Crippen LogP contribution in [0.4, 0.5) is 0 Å². The third-order valence-electron chi connectivity index (χ3n) is 3.39. The van der Waals surface area contributed by atoms with Crippen LogP contribution in [-0.2, 0) is 10.0 Å². The number of carbonyl (C=O) groups is 1. The van der Waals surface area contributed by atoms with E-state index >= 15 is 0 Å². The Morgan fingerprint density at radius 1 is 1.30 bits per heavy atom. The summed E-state index contributed by atoms with van der Waals surface area (Å²) in [4.78, 5) is 13.2. The Kier molecular flexibility index (Phi) is 4.11. The van der Waals surface area contributed by atoms with Crippen LogP contribution in [0.1, 0.15) is 22.5 Å². The van der Waals surface area contributed by atoms with Crippen molar-refractivity contribution < 1.29 is 18.3 Å². The van der Waals surface area contributed by atoms with E-state index in [2.05, 4.69) is 10.2 Å². The van der Waals surface area contributed by atoms with Crippen LogP contribution in [0.25, 0.3) is 0 Å². The SMILES string of the molecule is Cc1[nH]nc(S(=O)(=O)N2CCCN(C)CC2)c1C(=O)O. The Balaban J connectivity index is 2.38. The number of carboxylic acid groups (broad SMARTS) is 1. The van der Waals surface area contributed by atoms with Crippen molar-refractivity contribution in [1.29, 1.82) is 0 Å². The van der Waals surface area contributed by atoms with Crippen molar-refractivity contribution in [1.82, 2.24) is 19.4 Å². The number of H-pyrrole nitrogens is 1. The first-order chi connectivity index (χ1) is 9.34. The molecule has 1 fully saturated rings. The number of hydrogen-bond acceptors (Lipinski definition) is 5. The topological polar surface area (TPSA) is 107 Å². The molecular formula is C11H18N4O4S. The summed E-state index contributed by atoms with van der Waals surface area (Å²) >= 11 is 0. The Hall–Kier alpha value is -1.45. The maximum atomic E-state index is 12.5. The van der Waals surface area contributed by atoms with Gasteiger partial charge in [-0.05, 0) is 26.9 Å². The van der Waals surface area contributed by atoms with Gasteiger partial charge in [-0.2, -0.15) is 9.40 Å². The van der Waals surface area contributed by atoms with Gasteiger partial charge in [0.2, 0.25) is 5.03 Å². The molecule has 2 heterocycles. The second-order valence-corrected chi connectivity index (χ2v) is 6.75. The van der Waals surface area contributed by atoms with Gasteiger partial charge in [-0.25, -0.2) is 13.2 Å². The van der Waals surface area contributed by atoms with Gasteiger partial charge in [-0.1, -0.05) is 0 Å². The summed E-state index contributed by atoms with van der Waals surface area (Å²) in [5, 5.41) is 14.9. The number of rotatable bonds is 3. The van der Waals surface area contributed by atoms with Crippen LogP contribution in [0.3, 0.4) is 0 Å². The minimum absolute atomic E-state index is 0.239. The van der Waals surface area contributed by atoms with Crippen LogP contribution < -0.4 is 0 Å². The molecule has 1 aliphatic heterocycles. The van der Waals surface area contributed by atoms with Gasteiger partial charge in [0.1, 0.15) is 5.56 Å². The van der Waals surface area contributed by atoms with Gasteiger partial charge in [0.05, 0.1) is 0 Å². The summed E-state index contributed by atoms with van der Waals surface area (Å²) in [7, 11) is -1.95. The number of hydrogen-bond donors (Lipinski definition) is 2. The van der Waals surface area contributed by atoms with E-state index in [1.807, 2.05) is 11.9 Å². The molecular weight excluding hydrogens is 284 g/mol. The highest BCUT2D eigenvalue weighted by molar-refractivity contribution is 7.89. The van der Waals surface area contributed by atoms with E-state index in [4.69, 9.17) is 5.11 Å². The first kappa shape index (κ1) is 14.9. The zero-order valence-corrected chi connectivity index (χ0v) is 12.3. The molecule has 8 nitrogen and oxygen atoms in total. The molecule has 9 heteroatoms. The molecule has 1 aliphatic rings. The van der Waals surface area contributed by atoms with Gasteiger partial charge in [-0.3, -0.25) is 5.10 Å². The van der Waals surface area contributed by atoms with Crippen molar-refractivity contribution in [2.45, 2.75) is 18.4 Å². The standard InChI is InChI=1S/C11H18N4O4S/c1-8-9(11(16)17)10(13-12-8)20(18,19)15-5-3-4-14(2)6-7-15/h3-7H2,1-2H3,(H,12,13)(H,16,17). The monoisotopic (exact) mass is 302 g/mol. The number of nitrogens with zero attached hydrogens (tertiary/aromatic N) is 3. The maximum absolute atomic E-state index is 12.5. The van der Waals surface area contributed by atoms with Crippen molar-refractivity contribution in [3.8, 4) is 0 Å². The Labute approximate surface area is 117 Å². The highest BCUT2D eigenvalue weighted by Crippen LogP contribution is 2.21. The van der Waals surface area contributed by atoms with E-state index in [1.165, 1.54) is 11.2 Å². The van der Waals surface area contributed by atoms with E-state index in [0.717, 1.165) is 6.54 Å². The number of aromatic carboxylic acids is 1. The molecule has 0 bridgehead atoms. The molecule has 0 saturated carbocycles. The lowest BCUT2D eigenvalue weighted by Crippen LogP contribution is -2.35. The van der Waals surface area contributed by atoms with Crippen molar-refractivity contribution in [3.63, 3.8) is 0 Å². The molecule has 0 atom stereocenters. The van der Waals surface area contributed by atoms with Crippen LogP contribution in [0.15, 0.2) is 5.03 Å². The van der Waals surface area contributed by atoms with Gasteiger partial charge < -0.3 is 10.0 Å². The lowest BCUT2D eigenvalue weighted by molar-refractivity contribution is 0.0691. The number of aromatic amines is 1. The van der Waals surface area contributed by atoms with Crippen LogP contribution in [0.2, 0.25) is 0 Å². The zero-order chi connectivity index (χ0) is 14.9. The first-order valence-corrected chi connectivity index (χ1v) is 7.75. The summed E-state index contributed by atoms with van der Waals surface area (Å²) in [6, 6.07) is 0. The summed E-state index contributed by atoms with van der Waals surface area (Å²) in [5.41, 5.74) is -0.0365. The summed E-state index contributed by atoms with van der Waals surface area (Å²) in [6.07, 6.45) is 0.710. The van der Waals surface area contributed by atoms with Crippen molar-refractivity contribution >= 4 is 16.0 Å². The molecule has 0 amide bonds. The van der Waals surface area contributed by atoms with Gasteiger partial charge in [0, 0.05) is 25.3 Å². The zero-order valence-electron chi connectivity index (χ0n) is 11.5. The fraction of sp³-hybridized carbons (Fsp3) is 0.636. The molecule has 0 spiro atoms. The average molecular weight is 302 g/mol. The molecule has 20 heavy (non-hydrogen) atoms. The normalized spacial score (nSPS) is 18.9. The number of carboxylic acids is 1. The molecule has 1 aromatic rings. The van der Waals surface area contributed by atoms with E-state index < -0.39 is 21.0 Å². The minimum Gasteiger partial charge on any atom is -0.478 e. The average Bonchev–Trinajstić information content (AvgIpc) is 2.62. The molecule has 0 unspecified atom stereocenters. The molecule has 1 aromatic heterocycles. The van der Waals surface area contributed by atoms with Crippen LogP contribution in [-0.4, -0.2) is 72.1 Å². The van der Waals surface area contributed by atoms with Crippen molar-refractivity contribution in [3.05, 3.63) is 11.3 Å². The van der Waals surface area contributed by atoms with E-state index in [-0.39, 0.29) is 11.3 Å². The third kappa shape index (κ3) is 2.69. The number of aromatic nitrogens is 2. The largest absolute Gasteiger partial charge is 0.478 e. The molecule has 2 rings (SSSR count). The lowest BCUT2D eigenvalue weighted by Gasteiger charge is -2.19. The van der Waals surface area contributed by atoms with E-state index in [0.29, 0.717) is 26.1 Å². The van der Waals surface area contributed by atoms with Gasteiger partial charge >= 0.3 is 5.97 Å².